The van der Waals surface area contributed by atoms with Crippen LogP contribution in [0.1, 0.15) is 29.7 Å². The predicted molar refractivity (Wildman–Crippen MR) is 80.4 cm³/mol. The first-order valence-corrected chi connectivity index (χ1v) is 6.60. The van der Waals surface area contributed by atoms with E-state index in [4.69, 9.17) is 4.74 Å². The smallest absolute Gasteiger partial charge is 0.0733 e. The van der Waals surface area contributed by atoms with Gasteiger partial charge in [0.1, 0.15) is 0 Å². The number of anilines is 1. The molecule has 2 heteroatoms. The molecule has 0 saturated carbocycles. The average Bonchev–Trinajstić information content (AvgIpc) is 2.41. The van der Waals surface area contributed by atoms with E-state index in [9.17, 15) is 0 Å². The number of aryl methyl sites for hydroxylation is 1. The highest BCUT2D eigenvalue weighted by atomic mass is 16.5. The van der Waals surface area contributed by atoms with Crippen LogP contribution in [0, 0.1) is 6.92 Å². The fraction of sp³-hybridized carbons (Fsp3) is 0.294. The average molecular weight is 255 g/mol. The molecule has 0 amide bonds. The molecule has 2 aromatic carbocycles. The lowest BCUT2D eigenvalue weighted by Gasteiger charge is -2.18. The van der Waals surface area contributed by atoms with E-state index in [0.29, 0.717) is 6.61 Å². The highest BCUT2D eigenvalue weighted by Gasteiger charge is 2.08. The molecule has 0 radical (unpaired) electrons. The molecule has 100 valence electrons. The summed E-state index contributed by atoms with van der Waals surface area (Å²) in [5, 5.41) is 3.56. The first kappa shape index (κ1) is 13.6. The molecule has 0 bridgehead atoms. The first-order chi connectivity index (χ1) is 9.20. The molecule has 2 aromatic rings. The third-order valence-electron chi connectivity index (χ3n) is 3.23. The van der Waals surface area contributed by atoms with Gasteiger partial charge in [-0.05, 0) is 25.5 Å². The maximum atomic E-state index is 5.23. The maximum absolute atomic E-state index is 5.23. The van der Waals surface area contributed by atoms with Crippen molar-refractivity contribution in [3.63, 3.8) is 0 Å². The minimum absolute atomic E-state index is 0.276. The molecule has 0 aliphatic rings. The number of hydrogen-bond acceptors (Lipinski definition) is 2. The van der Waals surface area contributed by atoms with Crippen LogP contribution >= 0.6 is 0 Å². The van der Waals surface area contributed by atoms with Gasteiger partial charge in [0, 0.05) is 24.4 Å². The lowest BCUT2D eigenvalue weighted by molar-refractivity contribution is 0.185. The monoisotopic (exact) mass is 255 g/mol. The number of benzene rings is 2. The summed E-state index contributed by atoms with van der Waals surface area (Å²) in [5.74, 6) is 0. The molecule has 0 saturated heterocycles. The summed E-state index contributed by atoms with van der Waals surface area (Å²) < 4.78 is 5.23. The molecule has 2 nitrogen and oxygen atoms in total. The molecule has 0 aliphatic carbocycles. The van der Waals surface area contributed by atoms with Gasteiger partial charge in [0.05, 0.1) is 6.61 Å². The molecule has 1 N–H and O–H groups in total. The van der Waals surface area contributed by atoms with Crippen LogP contribution in [0.2, 0.25) is 0 Å². The lowest BCUT2D eigenvalue weighted by atomic mass is 10.0. The van der Waals surface area contributed by atoms with Gasteiger partial charge in [0.25, 0.3) is 0 Å². The van der Waals surface area contributed by atoms with Crippen molar-refractivity contribution in [1.29, 1.82) is 0 Å². The van der Waals surface area contributed by atoms with Gasteiger partial charge in [-0.2, -0.15) is 0 Å². The van der Waals surface area contributed by atoms with Gasteiger partial charge in [-0.1, -0.05) is 48.0 Å². The Labute approximate surface area is 115 Å². The topological polar surface area (TPSA) is 21.3 Å². The third kappa shape index (κ3) is 3.58. The van der Waals surface area contributed by atoms with Crippen LogP contribution in [0.25, 0.3) is 0 Å². The molecule has 19 heavy (non-hydrogen) atoms. The van der Waals surface area contributed by atoms with Crippen molar-refractivity contribution in [2.45, 2.75) is 26.5 Å². The molecule has 0 aliphatic heterocycles. The fourth-order valence-corrected chi connectivity index (χ4v) is 2.20. The summed E-state index contributed by atoms with van der Waals surface area (Å²) in [7, 11) is 1.72. The number of ether oxygens (including phenoxy) is 1. The molecule has 1 atom stereocenters. The molecular formula is C17H21NO. The first-order valence-electron chi connectivity index (χ1n) is 6.60. The molecule has 0 spiro atoms. The maximum Gasteiger partial charge on any atom is 0.0733 e. The zero-order chi connectivity index (χ0) is 13.7. The van der Waals surface area contributed by atoms with Crippen LogP contribution in [0.4, 0.5) is 5.69 Å². The molecule has 0 heterocycles. The van der Waals surface area contributed by atoms with Crippen LogP contribution in [-0.4, -0.2) is 7.11 Å². The Bertz CT molecular complexity index is 536. The largest absolute Gasteiger partial charge is 0.380 e. The van der Waals surface area contributed by atoms with Crippen LogP contribution in [0.15, 0.2) is 48.5 Å². The Morgan fingerprint density at radius 3 is 2.63 bits per heavy atom. The summed E-state index contributed by atoms with van der Waals surface area (Å²) in [4.78, 5) is 0. The van der Waals surface area contributed by atoms with E-state index >= 15 is 0 Å². The Morgan fingerprint density at radius 2 is 1.89 bits per heavy atom. The highest BCUT2D eigenvalue weighted by molar-refractivity contribution is 5.52. The molecule has 0 fully saturated rings. The van der Waals surface area contributed by atoms with Crippen LogP contribution < -0.4 is 5.32 Å². The minimum atomic E-state index is 0.276. The van der Waals surface area contributed by atoms with E-state index in [1.54, 1.807) is 7.11 Å². The van der Waals surface area contributed by atoms with Crippen molar-refractivity contribution in [3.8, 4) is 0 Å². The fourth-order valence-electron chi connectivity index (χ4n) is 2.20. The number of rotatable bonds is 5. The van der Waals surface area contributed by atoms with Gasteiger partial charge in [-0.15, -0.1) is 0 Å². The SMILES string of the molecule is COCc1ccccc1NC(C)c1cccc(C)c1. The summed E-state index contributed by atoms with van der Waals surface area (Å²) in [6, 6.07) is 17.1. The zero-order valence-corrected chi connectivity index (χ0v) is 11.8. The zero-order valence-electron chi connectivity index (χ0n) is 11.8. The van der Waals surface area contributed by atoms with Crippen LogP contribution in [0.5, 0.6) is 0 Å². The van der Waals surface area contributed by atoms with Gasteiger partial charge in [-0.3, -0.25) is 0 Å². The summed E-state index contributed by atoms with van der Waals surface area (Å²) in [6.45, 7) is 4.93. The van der Waals surface area contributed by atoms with Crippen molar-refractivity contribution in [1.82, 2.24) is 0 Å². The van der Waals surface area contributed by atoms with Gasteiger partial charge in [0.2, 0.25) is 0 Å². The lowest BCUT2D eigenvalue weighted by Crippen LogP contribution is -2.08. The van der Waals surface area contributed by atoms with E-state index < -0.39 is 0 Å². The second-order valence-corrected chi connectivity index (χ2v) is 4.87. The molecule has 0 aromatic heterocycles. The minimum Gasteiger partial charge on any atom is -0.380 e. The Kier molecular flexibility index (Phi) is 4.58. The van der Waals surface area contributed by atoms with Crippen molar-refractivity contribution in [2.24, 2.45) is 0 Å². The number of methoxy groups -OCH3 is 1. The Morgan fingerprint density at radius 1 is 1.11 bits per heavy atom. The summed E-state index contributed by atoms with van der Waals surface area (Å²) in [6.07, 6.45) is 0. The van der Waals surface area contributed by atoms with E-state index in [2.05, 4.69) is 55.6 Å². The van der Waals surface area contributed by atoms with Gasteiger partial charge < -0.3 is 10.1 Å². The van der Waals surface area contributed by atoms with E-state index in [0.717, 1.165) is 5.69 Å². The summed E-state index contributed by atoms with van der Waals surface area (Å²) in [5.41, 5.74) is 4.91. The number of hydrogen-bond donors (Lipinski definition) is 1. The van der Waals surface area contributed by atoms with Gasteiger partial charge in [-0.25, -0.2) is 0 Å². The molecule has 1 unspecified atom stereocenters. The van der Waals surface area contributed by atoms with Crippen LogP contribution in [-0.2, 0) is 11.3 Å². The quantitative estimate of drug-likeness (QED) is 0.859. The van der Waals surface area contributed by atoms with Crippen molar-refractivity contribution in [3.05, 3.63) is 65.2 Å². The molecule has 2 rings (SSSR count). The second-order valence-electron chi connectivity index (χ2n) is 4.87. The van der Waals surface area contributed by atoms with E-state index in [1.165, 1.54) is 16.7 Å². The summed E-state index contributed by atoms with van der Waals surface area (Å²) >= 11 is 0. The van der Waals surface area contributed by atoms with Crippen LogP contribution in [0.3, 0.4) is 0 Å². The van der Waals surface area contributed by atoms with Gasteiger partial charge >= 0.3 is 0 Å². The predicted octanol–water partition coefficient (Wildman–Crippen LogP) is 4.31. The number of nitrogens with one attached hydrogen (secondary N) is 1. The number of para-hydroxylation sites is 1. The normalized spacial score (nSPS) is 12.2. The Balaban J connectivity index is 2.16. The second kappa shape index (κ2) is 6.39. The standard InChI is InChI=1S/C17H21NO/c1-13-7-6-9-15(11-13)14(2)18-17-10-5-4-8-16(17)12-19-3/h4-11,14,18H,12H2,1-3H3. The third-order valence-corrected chi connectivity index (χ3v) is 3.23. The van der Waals surface area contributed by atoms with Gasteiger partial charge in [0.15, 0.2) is 0 Å². The molecular weight excluding hydrogens is 234 g/mol. The van der Waals surface area contributed by atoms with Crippen molar-refractivity contribution >= 4 is 5.69 Å². The van der Waals surface area contributed by atoms with E-state index in [1.807, 2.05) is 12.1 Å². The van der Waals surface area contributed by atoms with Crippen molar-refractivity contribution < 1.29 is 4.74 Å². The highest BCUT2D eigenvalue weighted by Crippen LogP contribution is 2.23. The van der Waals surface area contributed by atoms with E-state index in [-0.39, 0.29) is 6.04 Å². The van der Waals surface area contributed by atoms with Crippen molar-refractivity contribution in [2.75, 3.05) is 12.4 Å². The Hall–Kier alpha value is -1.80.